The average molecular weight is 192 g/mol. The Bertz CT molecular complexity index is 70.0. The Morgan fingerprint density at radius 1 is 1.00 bits per heavy atom. The van der Waals surface area contributed by atoms with Crippen molar-refractivity contribution in [3.05, 3.63) is 0 Å². The summed E-state index contributed by atoms with van der Waals surface area (Å²) in [4.78, 5) is 0. The molecule has 0 atom stereocenters. The van der Waals surface area contributed by atoms with Gasteiger partial charge >= 0.3 is 0 Å². The first kappa shape index (κ1) is 11.7. The average Bonchev–Trinajstić information content (AvgIpc) is 2.05. The van der Waals surface area contributed by atoms with E-state index in [1.165, 1.54) is 32.1 Å². The second kappa shape index (κ2) is 8.79. The molecule has 0 unspecified atom stereocenters. The molecule has 0 radical (unpaired) electrons. The molecule has 0 N–H and O–H groups in total. The minimum atomic E-state index is 0.735. The number of thiol groups is 2. The van der Waals surface area contributed by atoms with E-state index in [-0.39, 0.29) is 0 Å². The van der Waals surface area contributed by atoms with Gasteiger partial charge in [-0.15, -0.1) is 0 Å². The number of hydrogen-bond donors (Lipinski definition) is 2. The Morgan fingerprint density at radius 3 is 2.09 bits per heavy atom. The first-order valence-electron chi connectivity index (χ1n) is 4.56. The first-order valence-corrected chi connectivity index (χ1v) is 5.83. The molecule has 0 rings (SSSR count). The summed E-state index contributed by atoms with van der Waals surface area (Å²) in [7, 11) is 0. The fourth-order valence-electron chi connectivity index (χ4n) is 1.10. The molecule has 0 heterocycles. The third-order valence-electron chi connectivity index (χ3n) is 1.98. The molecule has 0 fully saturated rings. The zero-order chi connectivity index (χ0) is 8.53. The zero-order valence-corrected chi connectivity index (χ0v) is 9.21. The predicted octanol–water partition coefficient (Wildman–Crippen LogP) is 3.43. The lowest BCUT2D eigenvalue weighted by Gasteiger charge is -2.09. The molecule has 0 spiro atoms. The lowest BCUT2D eigenvalue weighted by atomic mass is 10.0. The van der Waals surface area contributed by atoms with Crippen molar-refractivity contribution in [1.29, 1.82) is 0 Å². The van der Waals surface area contributed by atoms with Crippen LogP contribution in [-0.4, -0.2) is 11.5 Å². The highest BCUT2D eigenvalue weighted by Crippen LogP contribution is 2.13. The Morgan fingerprint density at radius 2 is 1.64 bits per heavy atom. The quantitative estimate of drug-likeness (QED) is 0.448. The van der Waals surface area contributed by atoms with E-state index < -0.39 is 0 Å². The van der Waals surface area contributed by atoms with Gasteiger partial charge in [-0.2, -0.15) is 25.3 Å². The predicted molar refractivity (Wildman–Crippen MR) is 60.0 cm³/mol. The van der Waals surface area contributed by atoms with Crippen LogP contribution in [0.3, 0.4) is 0 Å². The molecule has 0 saturated carbocycles. The van der Waals surface area contributed by atoms with Gasteiger partial charge in [0.25, 0.3) is 0 Å². The molecule has 0 aromatic carbocycles. The Kier molecular flexibility index (Phi) is 9.35. The molecule has 0 saturated heterocycles. The van der Waals surface area contributed by atoms with Gasteiger partial charge in [-0.05, 0) is 23.8 Å². The van der Waals surface area contributed by atoms with E-state index in [1.54, 1.807) is 0 Å². The van der Waals surface area contributed by atoms with Gasteiger partial charge in [-0.3, -0.25) is 0 Å². The summed E-state index contributed by atoms with van der Waals surface area (Å²) in [5.74, 6) is 2.73. The summed E-state index contributed by atoms with van der Waals surface area (Å²) in [5.41, 5.74) is 0. The van der Waals surface area contributed by atoms with E-state index in [0.29, 0.717) is 0 Å². The van der Waals surface area contributed by atoms with Crippen molar-refractivity contribution in [2.24, 2.45) is 5.92 Å². The van der Waals surface area contributed by atoms with Crippen molar-refractivity contribution in [3.8, 4) is 0 Å². The van der Waals surface area contributed by atoms with Crippen molar-refractivity contribution in [2.45, 2.75) is 39.0 Å². The van der Waals surface area contributed by atoms with Gasteiger partial charge in [0.05, 0.1) is 0 Å². The van der Waals surface area contributed by atoms with Crippen LogP contribution in [0.25, 0.3) is 0 Å². The van der Waals surface area contributed by atoms with E-state index in [1.807, 2.05) is 0 Å². The molecule has 0 nitrogen and oxygen atoms in total. The fraction of sp³-hybridized carbons (Fsp3) is 1.00. The van der Waals surface area contributed by atoms with Gasteiger partial charge in [0.1, 0.15) is 0 Å². The summed E-state index contributed by atoms with van der Waals surface area (Å²) in [5, 5.41) is 0. The highest BCUT2D eigenvalue weighted by Gasteiger charge is 2.02. The van der Waals surface area contributed by atoms with Gasteiger partial charge in [0.15, 0.2) is 0 Å². The molecule has 68 valence electrons. The molecule has 2 heteroatoms. The van der Waals surface area contributed by atoms with Gasteiger partial charge in [0.2, 0.25) is 0 Å². The lowest BCUT2D eigenvalue weighted by Crippen LogP contribution is -2.03. The molecule has 0 aromatic rings. The summed E-state index contributed by atoms with van der Waals surface area (Å²) >= 11 is 8.54. The van der Waals surface area contributed by atoms with E-state index in [9.17, 15) is 0 Å². The van der Waals surface area contributed by atoms with E-state index in [2.05, 4.69) is 32.2 Å². The molecule has 0 amide bonds. The largest absolute Gasteiger partial charge is 0.179 e. The highest BCUT2D eigenvalue weighted by molar-refractivity contribution is 7.81. The smallest absolute Gasteiger partial charge is 0.00617 e. The first-order chi connectivity index (χ1) is 5.35. The van der Waals surface area contributed by atoms with Crippen molar-refractivity contribution in [1.82, 2.24) is 0 Å². The van der Waals surface area contributed by atoms with Crippen LogP contribution in [0, 0.1) is 5.92 Å². The maximum Gasteiger partial charge on any atom is -0.00617 e. The molecule has 11 heavy (non-hydrogen) atoms. The molecule has 0 aliphatic rings. The van der Waals surface area contributed by atoms with Crippen LogP contribution in [-0.2, 0) is 0 Å². The van der Waals surface area contributed by atoms with Crippen LogP contribution >= 0.6 is 25.3 Å². The second-order valence-electron chi connectivity index (χ2n) is 3.08. The number of unbranched alkanes of at least 4 members (excludes halogenated alkanes) is 3. The summed E-state index contributed by atoms with van der Waals surface area (Å²) < 4.78 is 0. The van der Waals surface area contributed by atoms with Crippen LogP contribution < -0.4 is 0 Å². The van der Waals surface area contributed by atoms with Crippen LogP contribution in [0.2, 0.25) is 0 Å². The normalized spacial score (nSPS) is 10.9. The third-order valence-corrected chi connectivity index (χ3v) is 3.02. The molecule has 0 bridgehead atoms. The van der Waals surface area contributed by atoms with E-state index in [4.69, 9.17) is 0 Å². The molecule has 0 aromatic heterocycles. The maximum absolute atomic E-state index is 4.27. The zero-order valence-electron chi connectivity index (χ0n) is 7.42. The second-order valence-corrected chi connectivity index (χ2v) is 3.81. The molecular formula is C9H20S2. The minimum absolute atomic E-state index is 0.735. The topological polar surface area (TPSA) is 0 Å². The Labute approximate surface area is 82.0 Å². The molecular weight excluding hydrogens is 172 g/mol. The van der Waals surface area contributed by atoms with Gasteiger partial charge < -0.3 is 0 Å². The van der Waals surface area contributed by atoms with Crippen molar-refractivity contribution >= 4 is 25.3 Å². The van der Waals surface area contributed by atoms with E-state index in [0.717, 1.165) is 17.4 Å². The van der Waals surface area contributed by atoms with E-state index >= 15 is 0 Å². The van der Waals surface area contributed by atoms with Crippen LogP contribution in [0.4, 0.5) is 0 Å². The summed E-state index contributed by atoms with van der Waals surface area (Å²) in [6.07, 6.45) is 6.76. The minimum Gasteiger partial charge on any atom is -0.179 e. The number of hydrogen-bond acceptors (Lipinski definition) is 2. The SMILES string of the molecule is CCCCCCC(CS)CS. The van der Waals surface area contributed by atoms with Crippen LogP contribution in [0.1, 0.15) is 39.0 Å². The maximum atomic E-state index is 4.27. The Hall–Kier alpha value is 0.700. The molecule has 0 aliphatic carbocycles. The van der Waals surface area contributed by atoms with Crippen molar-refractivity contribution in [3.63, 3.8) is 0 Å². The lowest BCUT2D eigenvalue weighted by molar-refractivity contribution is 0.538. The third kappa shape index (κ3) is 7.07. The highest BCUT2D eigenvalue weighted by atomic mass is 32.1. The standard InChI is InChI=1S/C9H20S2/c1-2-3-4-5-6-9(7-10)8-11/h9-11H,2-8H2,1H3. The van der Waals surface area contributed by atoms with Gasteiger partial charge in [-0.25, -0.2) is 0 Å². The van der Waals surface area contributed by atoms with Gasteiger partial charge in [0, 0.05) is 0 Å². The van der Waals surface area contributed by atoms with Crippen molar-refractivity contribution < 1.29 is 0 Å². The number of rotatable bonds is 7. The van der Waals surface area contributed by atoms with Gasteiger partial charge in [-0.1, -0.05) is 32.6 Å². The van der Waals surface area contributed by atoms with Crippen molar-refractivity contribution in [2.75, 3.05) is 11.5 Å². The van der Waals surface area contributed by atoms with Crippen LogP contribution in [0.15, 0.2) is 0 Å². The molecule has 0 aliphatic heterocycles. The summed E-state index contributed by atoms with van der Waals surface area (Å²) in [6.45, 7) is 2.24. The Balaban J connectivity index is 3.07. The fourth-order valence-corrected chi connectivity index (χ4v) is 1.93. The van der Waals surface area contributed by atoms with Crippen LogP contribution in [0.5, 0.6) is 0 Å². The summed E-state index contributed by atoms with van der Waals surface area (Å²) in [6, 6.07) is 0. The monoisotopic (exact) mass is 192 g/mol.